The topological polar surface area (TPSA) is 0 Å². The van der Waals surface area contributed by atoms with Gasteiger partial charge in [0, 0.05) is 0 Å². The van der Waals surface area contributed by atoms with Gasteiger partial charge in [-0.1, -0.05) is 39.5 Å². The van der Waals surface area contributed by atoms with Crippen LogP contribution in [-0.2, 0) is 0 Å². The molecule has 0 aromatic heterocycles. The van der Waals surface area contributed by atoms with E-state index in [1.807, 2.05) is 0 Å². The molecule has 0 aromatic rings. The number of unbranched alkanes of at least 4 members (excludes halogenated alkanes) is 3. The molecule has 0 amide bonds. The van der Waals surface area contributed by atoms with Gasteiger partial charge in [-0.2, -0.15) is 0 Å². The molecular weight excluding hydrogens is 242 g/mol. The van der Waals surface area contributed by atoms with Gasteiger partial charge in [0.2, 0.25) is 0 Å². The molecule has 0 heterocycles. The van der Waals surface area contributed by atoms with Crippen LogP contribution in [0, 0.1) is 0 Å². The van der Waals surface area contributed by atoms with Gasteiger partial charge in [-0.05, 0) is 0 Å². The summed E-state index contributed by atoms with van der Waals surface area (Å²) in [5, 5.41) is -2.72. The van der Waals surface area contributed by atoms with Crippen molar-refractivity contribution in [1.29, 1.82) is 0 Å². The summed E-state index contributed by atoms with van der Waals surface area (Å²) in [7, 11) is 0. The Morgan fingerprint density at radius 3 is 1.09 bits per heavy atom. The third-order valence-corrected chi connectivity index (χ3v) is 0.957. The lowest BCUT2D eigenvalue weighted by molar-refractivity contribution is 0.702. The molecule has 0 N–H and O–H groups in total. The Kier molecular flexibility index (Phi) is 12.8. The lowest BCUT2D eigenvalue weighted by Crippen LogP contribution is -1.91. The first-order valence-electron chi connectivity index (χ1n) is 3.67. The van der Waals surface area contributed by atoms with E-state index < -0.39 is 5.31 Å². The molecule has 70 valence electrons. The molecular formula is C6H14Cl4Si. The predicted molar refractivity (Wildman–Crippen MR) is 59.0 cm³/mol. The highest BCUT2D eigenvalue weighted by Gasteiger charge is 2.19. The lowest BCUT2D eigenvalue weighted by atomic mass is 10.2. The maximum absolute atomic E-state index is 4.97. The Morgan fingerprint density at radius 2 is 1.00 bits per heavy atom. The third kappa shape index (κ3) is 52.2. The van der Waals surface area contributed by atoms with E-state index in [1.165, 1.54) is 25.7 Å². The Hall–Kier alpha value is 1.38. The number of rotatable bonds is 3. The van der Waals surface area contributed by atoms with Gasteiger partial charge >= 0.3 is 5.31 Å². The zero-order chi connectivity index (χ0) is 9.33. The van der Waals surface area contributed by atoms with Crippen LogP contribution in [0.25, 0.3) is 0 Å². The van der Waals surface area contributed by atoms with Crippen LogP contribution in [0.5, 0.6) is 0 Å². The molecule has 0 aliphatic rings. The second kappa shape index (κ2) is 9.46. The van der Waals surface area contributed by atoms with Crippen molar-refractivity contribution < 1.29 is 0 Å². The molecule has 0 unspecified atom stereocenters. The van der Waals surface area contributed by atoms with Crippen LogP contribution in [0.3, 0.4) is 0 Å². The van der Waals surface area contributed by atoms with Crippen LogP contribution in [0.15, 0.2) is 0 Å². The molecule has 0 aliphatic carbocycles. The second-order valence-corrected chi connectivity index (χ2v) is 13.3. The molecule has 0 saturated carbocycles. The van der Waals surface area contributed by atoms with E-state index in [0.717, 1.165) is 0 Å². The average molecular weight is 256 g/mol. The Bertz CT molecular complexity index is 61.5. The van der Waals surface area contributed by atoms with Crippen molar-refractivity contribution in [2.75, 3.05) is 0 Å². The van der Waals surface area contributed by atoms with Crippen molar-refractivity contribution in [2.24, 2.45) is 0 Å². The van der Waals surface area contributed by atoms with Crippen molar-refractivity contribution >= 4 is 49.6 Å². The number of halogens is 4. The SMILES string of the molecule is CCCCCC.Cl[Si](Cl)(Cl)Cl. The average Bonchev–Trinajstić information content (AvgIpc) is 1.79. The summed E-state index contributed by atoms with van der Waals surface area (Å²) >= 11 is 19.9. The van der Waals surface area contributed by atoms with Gasteiger partial charge in [-0.15, -0.1) is 44.3 Å². The molecule has 0 nitrogen and oxygen atoms in total. The normalized spacial score (nSPS) is 10.4. The van der Waals surface area contributed by atoms with Gasteiger partial charge in [-0.25, -0.2) is 0 Å². The fourth-order valence-electron chi connectivity index (χ4n) is 0.500. The van der Waals surface area contributed by atoms with Crippen LogP contribution in [0.2, 0.25) is 0 Å². The predicted octanol–water partition coefficient (Wildman–Crippen LogP) is 4.96. The molecule has 0 spiro atoms. The van der Waals surface area contributed by atoms with Gasteiger partial charge in [-0.3, -0.25) is 0 Å². The Labute approximate surface area is 89.0 Å². The van der Waals surface area contributed by atoms with Gasteiger partial charge in [0.25, 0.3) is 0 Å². The fourth-order valence-corrected chi connectivity index (χ4v) is 0.500. The highest BCUT2D eigenvalue weighted by atomic mass is 36.0. The summed E-state index contributed by atoms with van der Waals surface area (Å²) in [5.74, 6) is 0. The summed E-state index contributed by atoms with van der Waals surface area (Å²) in [5.41, 5.74) is 0. The van der Waals surface area contributed by atoms with Crippen LogP contribution < -0.4 is 0 Å². The van der Waals surface area contributed by atoms with E-state index in [1.54, 1.807) is 0 Å². The van der Waals surface area contributed by atoms with Crippen molar-refractivity contribution in [3.05, 3.63) is 0 Å². The molecule has 5 heteroatoms. The van der Waals surface area contributed by atoms with Gasteiger partial charge in [0.05, 0.1) is 0 Å². The zero-order valence-electron chi connectivity index (χ0n) is 6.84. The largest absolute Gasteiger partial charge is 0.440 e. The highest BCUT2D eigenvalue weighted by Crippen LogP contribution is 2.23. The minimum absolute atomic E-state index is 1.36. The van der Waals surface area contributed by atoms with E-state index in [2.05, 4.69) is 13.8 Å². The highest BCUT2D eigenvalue weighted by molar-refractivity contribution is 7.81. The Balaban J connectivity index is 0. The monoisotopic (exact) mass is 254 g/mol. The van der Waals surface area contributed by atoms with Crippen LogP contribution in [0.1, 0.15) is 39.5 Å². The summed E-state index contributed by atoms with van der Waals surface area (Å²) in [6.45, 7) is 4.46. The van der Waals surface area contributed by atoms with E-state index in [0.29, 0.717) is 0 Å². The van der Waals surface area contributed by atoms with Crippen LogP contribution >= 0.6 is 44.3 Å². The van der Waals surface area contributed by atoms with E-state index in [4.69, 9.17) is 44.3 Å². The third-order valence-electron chi connectivity index (χ3n) is 0.957. The molecule has 0 bridgehead atoms. The van der Waals surface area contributed by atoms with E-state index >= 15 is 0 Å². The maximum Gasteiger partial charge on any atom is 0.440 e. The lowest BCUT2D eigenvalue weighted by Gasteiger charge is -1.86. The number of hydrogen-bond donors (Lipinski definition) is 0. The summed E-state index contributed by atoms with van der Waals surface area (Å²) in [6, 6.07) is 0. The van der Waals surface area contributed by atoms with Crippen molar-refractivity contribution in [2.45, 2.75) is 39.5 Å². The maximum atomic E-state index is 4.97. The summed E-state index contributed by atoms with van der Waals surface area (Å²) in [4.78, 5) is 0. The van der Waals surface area contributed by atoms with E-state index in [9.17, 15) is 0 Å². The first-order chi connectivity index (χ1) is 4.91. The van der Waals surface area contributed by atoms with Crippen molar-refractivity contribution in [3.8, 4) is 0 Å². The first-order valence-corrected chi connectivity index (χ1v) is 9.72. The van der Waals surface area contributed by atoms with Crippen molar-refractivity contribution in [3.63, 3.8) is 0 Å². The standard InChI is InChI=1S/C6H14.Cl4Si/c1-3-5-6-4-2;1-5(2,3)4/h3-6H2,1-2H3;. The van der Waals surface area contributed by atoms with Crippen LogP contribution in [0.4, 0.5) is 0 Å². The first kappa shape index (κ1) is 14.9. The molecule has 0 saturated heterocycles. The van der Waals surface area contributed by atoms with Gasteiger partial charge in [0.15, 0.2) is 0 Å². The van der Waals surface area contributed by atoms with E-state index in [-0.39, 0.29) is 0 Å². The van der Waals surface area contributed by atoms with Gasteiger partial charge < -0.3 is 0 Å². The Morgan fingerprint density at radius 1 is 0.818 bits per heavy atom. The quantitative estimate of drug-likeness (QED) is 0.380. The second-order valence-electron chi connectivity index (χ2n) is 2.14. The summed E-state index contributed by atoms with van der Waals surface area (Å²) < 4.78 is 0. The molecule has 0 atom stereocenters. The number of hydrogen-bond acceptors (Lipinski definition) is 0. The fraction of sp³-hybridized carbons (Fsp3) is 1.00. The minimum atomic E-state index is -2.72. The van der Waals surface area contributed by atoms with Gasteiger partial charge in [0.1, 0.15) is 0 Å². The summed E-state index contributed by atoms with van der Waals surface area (Å²) in [6.07, 6.45) is 5.54. The minimum Gasteiger partial charge on any atom is -0.110 e. The molecule has 0 fully saturated rings. The molecule has 0 rings (SSSR count). The molecule has 11 heavy (non-hydrogen) atoms. The van der Waals surface area contributed by atoms with Crippen LogP contribution in [-0.4, -0.2) is 5.31 Å². The zero-order valence-corrected chi connectivity index (χ0v) is 10.9. The molecule has 0 aliphatic heterocycles. The molecule has 0 aromatic carbocycles. The van der Waals surface area contributed by atoms with Crippen molar-refractivity contribution in [1.82, 2.24) is 0 Å². The smallest absolute Gasteiger partial charge is 0.110 e. The molecule has 0 radical (unpaired) electrons.